The van der Waals surface area contributed by atoms with Gasteiger partial charge in [-0.2, -0.15) is 0 Å². The molecule has 2 aromatic rings. The van der Waals surface area contributed by atoms with Crippen LogP contribution in [0.4, 0.5) is 11.4 Å². The lowest BCUT2D eigenvalue weighted by Gasteiger charge is -2.21. The second kappa shape index (κ2) is 6.70. The molecule has 0 bridgehead atoms. The Hall–Kier alpha value is -2.89. The van der Waals surface area contributed by atoms with Gasteiger partial charge in [0.05, 0.1) is 17.6 Å². The van der Waals surface area contributed by atoms with E-state index in [1.165, 1.54) is 31.4 Å². The molecule has 24 heavy (non-hydrogen) atoms. The first-order valence-electron chi connectivity index (χ1n) is 7.46. The molecule has 0 unspecified atom stereocenters. The van der Waals surface area contributed by atoms with Crippen LogP contribution in [0.5, 0.6) is 5.75 Å². The number of hydrogen-bond donors (Lipinski definition) is 1. The summed E-state index contributed by atoms with van der Waals surface area (Å²) >= 11 is 0. The summed E-state index contributed by atoms with van der Waals surface area (Å²) in [5.41, 5.74) is 1.78. The quantitative estimate of drug-likeness (QED) is 0.675. The lowest BCUT2D eigenvalue weighted by atomic mass is 9.86. The van der Waals surface area contributed by atoms with Gasteiger partial charge in [-0.1, -0.05) is 26.8 Å². The number of rotatable bonds is 4. The van der Waals surface area contributed by atoms with E-state index in [0.717, 1.165) is 5.56 Å². The number of ether oxygens (including phenoxy) is 1. The molecule has 0 spiro atoms. The third-order valence-corrected chi connectivity index (χ3v) is 3.65. The van der Waals surface area contributed by atoms with Gasteiger partial charge < -0.3 is 10.1 Å². The highest BCUT2D eigenvalue weighted by Gasteiger charge is 2.19. The summed E-state index contributed by atoms with van der Waals surface area (Å²) in [6.45, 7) is 6.19. The van der Waals surface area contributed by atoms with E-state index in [0.29, 0.717) is 17.0 Å². The van der Waals surface area contributed by atoms with Crippen LogP contribution in [0.25, 0.3) is 0 Å². The number of amides is 1. The molecule has 2 rings (SSSR count). The number of benzene rings is 2. The van der Waals surface area contributed by atoms with Crippen molar-refractivity contribution in [1.29, 1.82) is 0 Å². The van der Waals surface area contributed by atoms with Crippen LogP contribution in [0.15, 0.2) is 42.5 Å². The van der Waals surface area contributed by atoms with Crippen molar-refractivity contribution >= 4 is 17.3 Å². The van der Waals surface area contributed by atoms with Gasteiger partial charge in [0.15, 0.2) is 0 Å². The molecule has 6 nitrogen and oxygen atoms in total. The van der Waals surface area contributed by atoms with Crippen molar-refractivity contribution in [3.63, 3.8) is 0 Å². The predicted molar refractivity (Wildman–Crippen MR) is 92.7 cm³/mol. The van der Waals surface area contributed by atoms with Gasteiger partial charge in [0.2, 0.25) is 0 Å². The first-order valence-corrected chi connectivity index (χ1v) is 7.46. The highest BCUT2D eigenvalue weighted by atomic mass is 16.6. The van der Waals surface area contributed by atoms with Gasteiger partial charge in [0.1, 0.15) is 5.75 Å². The molecule has 0 heterocycles. The lowest BCUT2D eigenvalue weighted by molar-refractivity contribution is -0.384. The fourth-order valence-corrected chi connectivity index (χ4v) is 2.22. The number of nitrogens with one attached hydrogen (secondary N) is 1. The highest BCUT2D eigenvalue weighted by molar-refractivity contribution is 6.06. The third-order valence-electron chi connectivity index (χ3n) is 3.65. The predicted octanol–water partition coefficient (Wildman–Crippen LogP) is 4.15. The molecule has 1 N–H and O–H groups in total. The van der Waals surface area contributed by atoms with Crippen LogP contribution in [0.2, 0.25) is 0 Å². The minimum atomic E-state index is -0.485. The van der Waals surface area contributed by atoms with Crippen LogP contribution in [0.1, 0.15) is 36.7 Å². The van der Waals surface area contributed by atoms with Crippen molar-refractivity contribution in [2.75, 3.05) is 12.4 Å². The normalized spacial score (nSPS) is 11.0. The minimum Gasteiger partial charge on any atom is -0.496 e. The molecule has 0 saturated heterocycles. The SMILES string of the molecule is COc1ccc(C(C)(C)C)cc1C(=O)Nc1ccc([N+](=O)[O-])cc1. The molecule has 0 fully saturated rings. The first-order chi connectivity index (χ1) is 11.2. The smallest absolute Gasteiger partial charge is 0.269 e. The van der Waals surface area contributed by atoms with Crippen molar-refractivity contribution in [1.82, 2.24) is 0 Å². The number of methoxy groups -OCH3 is 1. The molecule has 0 aromatic heterocycles. The second-order valence-corrected chi connectivity index (χ2v) is 6.42. The van der Waals surface area contributed by atoms with Gasteiger partial charge in [0.25, 0.3) is 11.6 Å². The zero-order valence-corrected chi connectivity index (χ0v) is 14.1. The van der Waals surface area contributed by atoms with Crippen molar-refractivity contribution in [2.24, 2.45) is 0 Å². The molecule has 0 radical (unpaired) electrons. The van der Waals surface area contributed by atoms with E-state index >= 15 is 0 Å². The first kappa shape index (κ1) is 17.5. The van der Waals surface area contributed by atoms with E-state index in [9.17, 15) is 14.9 Å². The zero-order valence-electron chi connectivity index (χ0n) is 14.1. The Kier molecular flexibility index (Phi) is 4.87. The van der Waals surface area contributed by atoms with Gasteiger partial charge in [-0.05, 0) is 35.2 Å². The largest absolute Gasteiger partial charge is 0.496 e. The molecule has 1 amide bonds. The molecule has 6 heteroatoms. The average molecular weight is 328 g/mol. The summed E-state index contributed by atoms with van der Waals surface area (Å²) in [4.78, 5) is 22.8. The van der Waals surface area contributed by atoms with Crippen LogP contribution in [0.3, 0.4) is 0 Å². The molecule has 0 atom stereocenters. The summed E-state index contributed by atoms with van der Waals surface area (Å²) in [6, 6.07) is 11.2. The fourth-order valence-electron chi connectivity index (χ4n) is 2.22. The minimum absolute atomic E-state index is 0.0275. The highest BCUT2D eigenvalue weighted by Crippen LogP contribution is 2.28. The number of nitro benzene ring substituents is 1. The second-order valence-electron chi connectivity index (χ2n) is 6.42. The van der Waals surface area contributed by atoms with Crippen molar-refractivity contribution < 1.29 is 14.5 Å². The molecule has 0 saturated carbocycles. The molecule has 2 aromatic carbocycles. The maximum Gasteiger partial charge on any atom is 0.269 e. The van der Waals surface area contributed by atoms with Gasteiger partial charge in [-0.25, -0.2) is 0 Å². The number of carbonyl (C=O) groups is 1. The van der Waals surface area contributed by atoms with E-state index < -0.39 is 4.92 Å². The number of nitrogens with zero attached hydrogens (tertiary/aromatic N) is 1. The van der Waals surface area contributed by atoms with Crippen molar-refractivity contribution in [3.05, 3.63) is 63.7 Å². The van der Waals surface area contributed by atoms with Crippen LogP contribution in [-0.2, 0) is 5.41 Å². The zero-order chi connectivity index (χ0) is 17.9. The Bertz CT molecular complexity index is 762. The Morgan fingerprint density at radius 1 is 1.12 bits per heavy atom. The fraction of sp³-hybridized carbons (Fsp3) is 0.278. The van der Waals surface area contributed by atoms with Gasteiger partial charge in [-0.3, -0.25) is 14.9 Å². The summed E-state index contributed by atoms with van der Waals surface area (Å²) in [6.07, 6.45) is 0. The Labute approximate surface area is 140 Å². The molecular weight excluding hydrogens is 308 g/mol. The van der Waals surface area contributed by atoms with Crippen LogP contribution in [-0.4, -0.2) is 17.9 Å². The average Bonchev–Trinajstić information content (AvgIpc) is 2.53. The van der Waals surface area contributed by atoms with E-state index in [1.54, 1.807) is 12.1 Å². The van der Waals surface area contributed by atoms with Crippen molar-refractivity contribution in [2.45, 2.75) is 26.2 Å². The number of anilines is 1. The maximum absolute atomic E-state index is 12.6. The Morgan fingerprint density at radius 3 is 2.25 bits per heavy atom. The molecule has 0 aliphatic carbocycles. The van der Waals surface area contributed by atoms with Gasteiger partial charge in [-0.15, -0.1) is 0 Å². The lowest BCUT2D eigenvalue weighted by Crippen LogP contribution is -2.16. The third kappa shape index (κ3) is 3.90. The summed E-state index contributed by atoms with van der Waals surface area (Å²) in [5, 5.41) is 13.4. The van der Waals surface area contributed by atoms with Gasteiger partial charge >= 0.3 is 0 Å². The van der Waals surface area contributed by atoms with Crippen LogP contribution in [0, 0.1) is 10.1 Å². The van der Waals surface area contributed by atoms with Gasteiger partial charge in [0, 0.05) is 17.8 Å². The summed E-state index contributed by atoms with van der Waals surface area (Å²) < 4.78 is 5.27. The van der Waals surface area contributed by atoms with E-state index in [4.69, 9.17) is 4.74 Å². The summed E-state index contributed by atoms with van der Waals surface area (Å²) in [7, 11) is 1.51. The maximum atomic E-state index is 12.6. The number of hydrogen-bond acceptors (Lipinski definition) is 4. The molecule has 0 aliphatic heterocycles. The monoisotopic (exact) mass is 328 g/mol. The van der Waals surface area contributed by atoms with E-state index in [1.807, 2.05) is 6.07 Å². The van der Waals surface area contributed by atoms with Crippen molar-refractivity contribution in [3.8, 4) is 5.75 Å². The summed E-state index contributed by atoms with van der Waals surface area (Å²) in [5.74, 6) is 0.147. The molecule has 126 valence electrons. The Balaban J connectivity index is 2.29. The van der Waals surface area contributed by atoms with E-state index in [-0.39, 0.29) is 17.0 Å². The van der Waals surface area contributed by atoms with E-state index in [2.05, 4.69) is 26.1 Å². The molecule has 0 aliphatic rings. The number of carbonyl (C=O) groups excluding carboxylic acids is 1. The molecular formula is C18H20N2O4. The van der Waals surface area contributed by atoms with Crippen LogP contribution < -0.4 is 10.1 Å². The topological polar surface area (TPSA) is 81.5 Å². The number of nitro groups is 1. The van der Waals surface area contributed by atoms with Crippen LogP contribution >= 0.6 is 0 Å². The number of non-ortho nitro benzene ring substituents is 1. The Morgan fingerprint density at radius 2 is 1.75 bits per heavy atom. The standard InChI is InChI=1S/C18H20N2O4/c1-18(2,3)12-5-10-16(24-4)15(11-12)17(21)19-13-6-8-14(9-7-13)20(22)23/h5-11H,1-4H3,(H,19,21).